The summed E-state index contributed by atoms with van der Waals surface area (Å²) in [5.41, 5.74) is -0.422. The van der Waals surface area contributed by atoms with Gasteiger partial charge in [0.25, 0.3) is 5.91 Å². The molecule has 0 fully saturated rings. The number of carbonyl (C=O) groups is 3. The van der Waals surface area contributed by atoms with Gasteiger partial charge < -0.3 is 15.2 Å². The predicted molar refractivity (Wildman–Crippen MR) is 55.6 cm³/mol. The van der Waals surface area contributed by atoms with Crippen molar-refractivity contribution in [3.63, 3.8) is 0 Å². The molecule has 0 aromatic rings. The van der Waals surface area contributed by atoms with Gasteiger partial charge in [0.15, 0.2) is 0 Å². The fraction of sp³-hybridized carbons (Fsp3) is 0.500. The SMILES string of the molecule is C=C(C(=O)NC(C(=O)O)C(C)C)C(=O)OC. The number of aliphatic carboxylic acids is 1. The van der Waals surface area contributed by atoms with Gasteiger partial charge >= 0.3 is 11.9 Å². The van der Waals surface area contributed by atoms with Gasteiger partial charge in [-0.2, -0.15) is 0 Å². The fourth-order valence-electron chi connectivity index (χ4n) is 0.958. The molecular weight excluding hydrogens is 214 g/mol. The van der Waals surface area contributed by atoms with E-state index in [4.69, 9.17) is 5.11 Å². The number of carboxylic acids is 1. The largest absolute Gasteiger partial charge is 0.480 e. The number of hydrogen-bond donors (Lipinski definition) is 2. The molecule has 0 aliphatic carbocycles. The first kappa shape index (κ1) is 14.2. The molecule has 0 aliphatic rings. The summed E-state index contributed by atoms with van der Waals surface area (Å²) in [6, 6.07) is -1.06. The molecule has 6 heteroatoms. The second kappa shape index (κ2) is 5.89. The number of esters is 1. The van der Waals surface area contributed by atoms with Gasteiger partial charge in [-0.3, -0.25) is 4.79 Å². The van der Waals surface area contributed by atoms with Crippen molar-refractivity contribution >= 4 is 17.8 Å². The topological polar surface area (TPSA) is 92.7 Å². The molecule has 0 heterocycles. The Morgan fingerprint density at radius 3 is 2.12 bits per heavy atom. The summed E-state index contributed by atoms with van der Waals surface area (Å²) in [4.78, 5) is 33.1. The van der Waals surface area contributed by atoms with E-state index in [1.807, 2.05) is 0 Å². The van der Waals surface area contributed by atoms with Crippen molar-refractivity contribution in [3.8, 4) is 0 Å². The van der Waals surface area contributed by atoms with Crippen LogP contribution in [0, 0.1) is 5.92 Å². The van der Waals surface area contributed by atoms with Gasteiger partial charge in [0.1, 0.15) is 11.6 Å². The van der Waals surface area contributed by atoms with Crippen LogP contribution in [0.4, 0.5) is 0 Å². The average molecular weight is 229 g/mol. The Morgan fingerprint density at radius 1 is 1.31 bits per heavy atom. The number of amides is 1. The standard InChI is InChI=1S/C10H15NO5/c1-5(2)7(9(13)14)11-8(12)6(3)10(15)16-4/h5,7H,3H2,1-2,4H3,(H,11,12)(H,13,14). The van der Waals surface area contributed by atoms with Crippen LogP contribution in [-0.4, -0.2) is 36.1 Å². The van der Waals surface area contributed by atoms with E-state index >= 15 is 0 Å². The van der Waals surface area contributed by atoms with E-state index in [9.17, 15) is 14.4 Å². The molecule has 1 atom stereocenters. The predicted octanol–water partition coefficient (Wildman–Crippen LogP) is -0.0590. The Bertz CT molecular complexity index is 321. The Morgan fingerprint density at radius 2 is 1.81 bits per heavy atom. The first-order chi connectivity index (χ1) is 7.31. The van der Waals surface area contributed by atoms with Gasteiger partial charge in [0.2, 0.25) is 0 Å². The lowest BCUT2D eigenvalue weighted by Crippen LogP contribution is -2.45. The second-order valence-electron chi connectivity index (χ2n) is 3.50. The molecule has 90 valence electrons. The van der Waals surface area contributed by atoms with Gasteiger partial charge in [0, 0.05) is 0 Å². The third-order valence-corrected chi connectivity index (χ3v) is 1.93. The highest BCUT2D eigenvalue weighted by atomic mass is 16.5. The third kappa shape index (κ3) is 3.72. The molecule has 1 unspecified atom stereocenters. The van der Waals surface area contributed by atoms with Crippen LogP contribution in [0.15, 0.2) is 12.2 Å². The highest BCUT2D eigenvalue weighted by Crippen LogP contribution is 2.03. The summed E-state index contributed by atoms with van der Waals surface area (Å²) in [5.74, 6) is -3.19. The van der Waals surface area contributed by atoms with Crippen molar-refractivity contribution in [2.24, 2.45) is 5.92 Å². The summed E-state index contributed by atoms with van der Waals surface area (Å²) < 4.78 is 4.29. The van der Waals surface area contributed by atoms with E-state index in [1.54, 1.807) is 13.8 Å². The first-order valence-corrected chi connectivity index (χ1v) is 4.62. The molecule has 0 spiro atoms. The number of carbonyl (C=O) groups excluding carboxylic acids is 2. The highest BCUT2D eigenvalue weighted by Gasteiger charge is 2.26. The molecule has 0 rings (SSSR count). The van der Waals surface area contributed by atoms with Gasteiger partial charge in [0.05, 0.1) is 7.11 Å². The van der Waals surface area contributed by atoms with E-state index in [1.165, 1.54) is 0 Å². The molecule has 1 amide bonds. The molecule has 2 N–H and O–H groups in total. The molecule has 0 aromatic heterocycles. The lowest BCUT2D eigenvalue weighted by molar-refractivity contribution is -0.144. The quantitative estimate of drug-likeness (QED) is 0.298. The normalized spacial score (nSPS) is 11.8. The number of rotatable bonds is 5. The van der Waals surface area contributed by atoms with Crippen LogP contribution in [0.5, 0.6) is 0 Å². The molecule has 6 nitrogen and oxygen atoms in total. The Balaban J connectivity index is 4.59. The zero-order valence-electron chi connectivity index (χ0n) is 9.44. The number of carboxylic acid groups (broad SMARTS) is 1. The summed E-state index contributed by atoms with van der Waals surface area (Å²) in [6.07, 6.45) is 0. The van der Waals surface area contributed by atoms with Crippen molar-refractivity contribution in [1.29, 1.82) is 0 Å². The van der Waals surface area contributed by atoms with Crippen LogP contribution < -0.4 is 5.32 Å². The maximum atomic E-state index is 11.4. The minimum atomic E-state index is -1.17. The van der Waals surface area contributed by atoms with Crippen molar-refractivity contribution < 1.29 is 24.2 Å². The summed E-state index contributed by atoms with van der Waals surface area (Å²) >= 11 is 0. The Kier molecular flexibility index (Phi) is 5.21. The summed E-state index contributed by atoms with van der Waals surface area (Å²) in [6.45, 7) is 6.50. The van der Waals surface area contributed by atoms with E-state index < -0.39 is 29.5 Å². The zero-order chi connectivity index (χ0) is 12.9. The molecule has 16 heavy (non-hydrogen) atoms. The van der Waals surface area contributed by atoms with Gasteiger partial charge in [-0.1, -0.05) is 20.4 Å². The molecule has 0 saturated carbocycles. The maximum Gasteiger partial charge on any atom is 0.342 e. The minimum Gasteiger partial charge on any atom is -0.480 e. The van der Waals surface area contributed by atoms with Crippen molar-refractivity contribution in [3.05, 3.63) is 12.2 Å². The molecule has 0 saturated heterocycles. The van der Waals surface area contributed by atoms with Crippen LogP contribution in [0.1, 0.15) is 13.8 Å². The third-order valence-electron chi connectivity index (χ3n) is 1.93. The number of hydrogen-bond acceptors (Lipinski definition) is 4. The van der Waals surface area contributed by atoms with E-state index in [0.29, 0.717) is 0 Å². The maximum absolute atomic E-state index is 11.4. The number of methoxy groups -OCH3 is 1. The van der Waals surface area contributed by atoms with Crippen LogP contribution in [0.25, 0.3) is 0 Å². The van der Waals surface area contributed by atoms with Crippen molar-refractivity contribution in [2.75, 3.05) is 7.11 Å². The van der Waals surface area contributed by atoms with Gasteiger partial charge in [-0.05, 0) is 5.92 Å². The molecule has 0 radical (unpaired) electrons. The van der Waals surface area contributed by atoms with E-state index in [-0.39, 0.29) is 5.92 Å². The van der Waals surface area contributed by atoms with Gasteiger partial charge in [-0.15, -0.1) is 0 Å². The summed E-state index contributed by atoms with van der Waals surface area (Å²) in [5, 5.41) is 11.0. The first-order valence-electron chi connectivity index (χ1n) is 4.62. The number of ether oxygens (including phenoxy) is 1. The van der Waals surface area contributed by atoms with E-state index in [2.05, 4.69) is 16.6 Å². The van der Waals surface area contributed by atoms with Crippen LogP contribution in [-0.2, 0) is 19.1 Å². The Labute approximate surface area is 93.3 Å². The monoisotopic (exact) mass is 229 g/mol. The zero-order valence-corrected chi connectivity index (χ0v) is 9.44. The Hall–Kier alpha value is -1.85. The van der Waals surface area contributed by atoms with Crippen LogP contribution in [0.2, 0.25) is 0 Å². The smallest absolute Gasteiger partial charge is 0.342 e. The van der Waals surface area contributed by atoms with Crippen molar-refractivity contribution in [2.45, 2.75) is 19.9 Å². The number of nitrogens with one attached hydrogen (secondary N) is 1. The minimum absolute atomic E-state index is 0.299. The molecular formula is C10H15NO5. The average Bonchev–Trinajstić information content (AvgIpc) is 2.22. The van der Waals surface area contributed by atoms with Gasteiger partial charge in [-0.25, -0.2) is 9.59 Å². The summed E-state index contributed by atoms with van der Waals surface area (Å²) in [7, 11) is 1.11. The highest BCUT2D eigenvalue weighted by molar-refractivity contribution is 6.16. The lowest BCUT2D eigenvalue weighted by atomic mass is 10.0. The van der Waals surface area contributed by atoms with Crippen LogP contribution in [0.3, 0.4) is 0 Å². The molecule has 0 aromatic carbocycles. The lowest BCUT2D eigenvalue weighted by Gasteiger charge is -2.17. The second-order valence-corrected chi connectivity index (χ2v) is 3.50. The van der Waals surface area contributed by atoms with Crippen LogP contribution >= 0.6 is 0 Å². The fourth-order valence-corrected chi connectivity index (χ4v) is 0.958. The van der Waals surface area contributed by atoms with E-state index in [0.717, 1.165) is 7.11 Å². The van der Waals surface area contributed by atoms with Crippen molar-refractivity contribution in [1.82, 2.24) is 5.32 Å². The molecule has 0 aliphatic heterocycles. The molecule has 0 bridgehead atoms.